The largest absolute Gasteiger partial charge is 0.384 e. The Morgan fingerprint density at radius 1 is 1.45 bits per heavy atom. The van der Waals surface area contributed by atoms with E-state index in [1.54, 1.807) is 0 Å². The van der Waals surface area contributed by atoms with Crippen molar-refractivity contribution in [2.45, 2.75) is 19.4 Å². The first-order valence-electron chi connectivity index (χ1n) is 7.26. The molecule has 0 saturated carbocycles. The molecule has 0 bridgehead atoms. The molecule has 2 aliphatic heterocycles. The third-order valence-electron chi connectivity index (χ3n) is 3.90. The van der Waals surface area contributed by atoms with Crippen molar-refractivity contribution >= 4 is 17.4 Å². The molecule has 0 spiro atoms. The van der Waals surface area contributed by atoms with Crippen LogP contribution in [0.15, 0.2) is 18.5 Å². The molecule has 6 heteroatoms. The molecule has 1 aromatic rings. The van der Waals surface area contributed by atoms with Gasteiger partial charge in [0.25, 0.3) is 0 Å². The van der Waals surface area contributed by atoms with E-state index in [-0.39, 0.29) is 12.1 Å². The van der Waals surface area contributed by atoms with Gasteiger partial charge in [-0.1, -0.05) is 6.92 Å². The molecule has 0 aliphatic carbocycles. The molecule has 20 heavy (non-hydrogen) atoms. The van der Waals surface area contributed by atoms with Gasteiger partial charge in [-0.05, 0) is 12.5 Å². The van der Waals surface area contributed by atoms with Gasteiger partial charge in [0.15, 0.2) is 0 Å². The number of urea groups is 1. The summed E-state index contributed by atoms with van der Waals surface area (Å²) in [7, 11) is 0. The molecule has 3 rings (SSSR count). The minimum atomic E-state index is 0.0751. The highest BCUT2D eigenvalue weighted by Gasteiger charge is 2.35. The Morgan fingerprint density at radius 2 is 2.35 bits per heavy atom. The van der Waals surface area contributed by atoms with E-state index in [1.165, 1.54) is 0 Å². The second-order valence-electron chi connectivity index (χ2n) is 5.34. The molecule has 2 fully saturated rings. The van der Waals surface area contributed by atoms with E-state index >= 15 is 0 Å². The lowest BCUT2D eigenvalue weighted by atomic mass is 10.2. The summed E-state index contributed by atoms with van der Waals surface area (Å²) in [4.78, 5) is 20.2. The fourth-order valence-corrected chi connectivity index (χ4v) is 2.81. The van der Waals surface area contributed by atoms with E-state index in [1.807, 2.05) is 17.3 Å². The van der Waals surface area contributed by atoms with Gasteiger partial charge >= 0.3 is 6.03 Å². The average molecular weight is 275 g/mol. The number of aromatic nitrogens is 1. The van der Waals surface area contributed by atoms with Crippen molar-refractivity contribution in [2.75, 3.05) is 42.9 Å². The normalized spacial score (nSPS) is 21.6. The van der Waals surface area contributed by atoms with E-state index < -0.39 is 0 Å². The Labute approximate surface area is 119 Å². The third kappa shape index (κ3) is 2.50. The van der Waals surface area contributed by atoms with Crippen LogP contribution < -0.4 is 15.5 Å². The standard InChI is InChI=1S/C14H21N5O/c1-2-3-16-11-6-12(8-15-7-11)18-4-5-19-13(10-18)9-17-14(19)20/h6-8,13,16H,2-5,9-10H2,1H3,(H,17,20). The zero-order valence-electron chi connectivity index (χ0n) is 11.8. The maximum Gasteiger partial charge on any atom is 0.317 e. The molecule has 0 radical (unpaired) electrons. The van der Waals surface area contributed by atoms with Crippen LogP contribution in [0.4, 0.5) is 16.2 Å². The number of anilines is 2. The zero-order chi connectivity index (χ0) is 13.9. The highest BCUT2D eigenvalue weighted by atomic mass is 16.2. The number of fused-ring (bicyclic) bond motifs is 1. The summed E-state index contributed by atoms with van der Waals surface area (Å²) in [6.45, 7) is 6.37. The van der Waals surface area contributed by atoms with Crippen molar-refractivity contribution in [1.29, 1.82) is 0 Å². The summed E-state index contributed by atoms with van der Waals surface area (Å²) in [6, 6.07) is 2.50. The van der Waals surface area contributed by atoms with Crippen LogP contribution in [-0.2, 0) is 0 Å². The van der Waals surface area contributed by atoms with Crippen molar-refractivity contribution < 1.29 is 4.79 Å². The Morgan fingerprint density at radius 3 is 3.20 bits per heavy atom. The maximum atomic E-state index is 11.6. The number of rotatable bonds is 4. The monoisotopic (exact) mass is 275 g/mol. The first-order chi connectivity index (χ1) is 9.78. The number of hydrogen-bond acceptors (Lipinski definition) is 4. The van der Waals surface area contributed by atoms with Crippen LogP contribution in [0.1, 0.15) is 13.3 Å². The fraction of sp³-hybridized carbons (Fsp3) is 0.571. The van der Waals surface area contributed by atoms with Crippen LogP contribution in [0.3, 0.4) is 0 Å². The first kappa shape index (κ1) is 13.0. The van der Waals surface area contributed by atoms with E-state index in [2.05, 4.69) is 33.5 Å². The van der Waals surface area contributed by atoms with Crippen molar-refractivity contribution in [3.63, 3.8) is 0 Å². The van der Waals surface area contributed by atoms with Crippen LogP contribution in [0.25, 0.3) is 0 Å². The van der Waals surface area contributed by atoms with E-state index in [0.717, 1.165) is 50.5 Å². The molecular formula is C14H21N5O. The molecule has 2 saturated heterocycles. The van der Waals surface area contributed by atoms with Gasteiger partial charge in [-0.3, -0.25) is 4.98 Å². The predicted molar refractivity (Wildman–Crippen MR) is 79.1 cm³/mol. The summed E-state index contributed by atoms with van der Waals surface area (Å²) in [5.41, 5.74) is 2.19. The van der Waals surface area contributed by atoms with Gasteiger partial charge in [-0.15, -0.1) is 0 Å². The van der Waals surface area contributed by atoms with Crippen molar-refractivity contribution in [1.82, 2.24) is 15.2 Å². The van der Waals surface area contributed by atoms with Crippen molar-refractivity contribution in [3.8, 4) is 0 Å². The second kappa shape index (κ2) is 5.56. The number of carbonyl (C=O) groups excluding carboxylic acids is 1. The highest BCUT2D eigenvalue weighted by molar-refractivity contribution is 5.77. The van der Waals surface area contributed by atoms with Gasteiger partial charge in [-0.2, -0.15) is 0 Å². The number of nitrogens with zero attached hydrogens (tertiary/aromatic N) is 3. The van der Waals surface area contributed by atoms with Gasteiger partial charge in [0.05, 0.1) is 29.8 Å². The predicted octanol–water partition coefficient (Wildman–Crippen LogP) is 1.12. The Hall–Kier alpha value is -1.98. The lowest BCUT2D eigenvalue weighted by Crippen LogP contribution is -2.52. The van der Waals surface area contributed by atoms with E-state index in [9.17, 15) is 4.79 Å². The molecule has 3 heterocycles. The number of nitrogens with one attached hydrogen (secondary N) is 2. The minimum Gasteiger partial charge on any atom is -0.384 e. The Bertz CT molecular complexity index is 492. The molecule has 1 unspecified atom stereocenters. The van der Waals surface area contributed by atoms with Crippen LogP contribution in [0, 0.1) is 0 Å². The summed E-state index contributed by atoms with van der Waals surface area (Å²) in [5, 5.41) is 6.27. The quantitative estimate of drug-likeness (QED) is 0.864. The number of carbonyl (C=O) groups is 1. The molecule has 6 nitrogen and oxygen atoms in total. The SMILES string of the molecule is CCCNc1cncc(N2CCN3C(=O)NCC3C2)c1. The van der Waals surface area contributed by atoms with Gasteiger partial charge in [0.1, 0.15) is 0 Å². The van der Waals surface area contributed by atoms with Crippen LogP contribution in [0.5, 0.6) is 0 Å². The Kier molecular flexibility index (Phi) is 3.62. The molecule has 2 aliphatic rings. The summed E-state index contributed by atoms with van der Waals surface area (Å²) >= 11 is 0. The topological polar surface area (TPSA) is 60.5 Å². The van der Waals surface area contributed by atoms with Gasteiger partial charge in [0.2, 0.25) is 0 Å². The number of pyridine rings is 1. The maximum absolute atomic E-state index is 11.6. The lowest BCUT2D eigenvalue weighted by Gasteiger charge is -2.37. The molecular weight excluding hydrogens is 254 g/mol. The summed E-state index contributed by atoms with van der Waals surface area (Å²) in [6.07, 6.45) is 4.85. The Balaban J connectivity index is 1.69. The molecule has 0 aromatic carbocycles. The minimum absolute atomic E-state index is 0.0751. The first-order valence-corrected chi connectivity index (χ1v) is 7.26. The molecule has 2 amide bonds. The van der Waals surface area contributed by atoms with Crippen molar-refractivity contribution in [2.24, 2.45) is 0 Å². The molecule has 2 N–H and O–H groups in total. The lowest BCUT2D eigenvalue weighted by molar-refractivity contribution is 0.197. The zero-order valence-corrected chi connectivity index (χ0v) is 11.8. The average Bonchev–Trinajstić information content (AvgIpc) is 2.86. The molecule has 1 atom stereocenters. The summed E-state index contributed by atoms with van der Waals surface area (Å²) < 4.78 is 0. The van der Waals surface area contributed by atoms with Crippen molar-refractivity contribution in [3.05, 3.63) is 18.5 Å². The molecule has 1 aromatic heterocycles. The van der Waals surface area contributed by atoms with Gasteiger partial charge < -0.3 is 20.4 Å². The van der Waals surface area contributed by atoms with Crippen LogP contribution in [-0.4, -0.2) is 54.7 Å². The number of amides is 2. The smallest absolute Gasteiger partial charge is 0.317 e. The fourth-order valence-electron chi connectivity index (χ4n) is 2.81. The number of piperazine rings is 1. The molecule has 108 valence electrons. The third-order valence-corrected chi connectivity index (χ3v) is 3.90. The second-order valence-corrected chi connectivity index (χ2v) is 5.34. The highest BCUT2D eigenvalue weighted by Crippen LogP contribution is 2.22. The van der Waals surface area contributed by atoms with Crippen LogP contribution in [0.2, 0.25) is 0 Å². The van der Waals surface area contributed by atoms with E-state index in [0.29, 0.717) is 0 Å². The van der Waals surface area contributed by atoms with E-state index in [4.69, 9.17) is 0 Å². The summed E-state index contributed by atoms with van der Waals surface area (Å²) in [5.74, 6) is 0. The number of hydrogen-bond donors (Lipinski definition) is 2. The van der Waals surface area contributed by atoms with Gasteiger partial charge in [-0.25, -0.2) is 4.79 Å². The van der Waals surface area contributed by atoms with Crippen LogP contribution >= 0.6 is 0 Å². The van der Waals surface area contributed by atoms with Gasteiger partial charge in [0, 0.05) is 32.7 Å².